The van der Waals surface area contributed by atoms with Crippen molar-refractivity contribution in [3.05, 3.63) is 29.8 Å². The van der Waals surface area contributed by atoms with Crippen LogP contribution in [0.3, 0.4) is 0 Å². The average molecular weight is 236 g/mol. The Balaban J connectivity index is 2.29. The Hall–Kier alpha value is -1.06. The van der Waals surface area contributed by atoms with E-state index in [1.165, 1.54) is 12.0 Å². The van der Waals surface area contributed by atoms with E-state index < -0.39 is 0 Å². The van der Waals surface area contributed by atoms with E-state index in [0.29, 0.717) is 5.92 Å². The summed E-state index contributed by atoms with van der Waals surface area (Å²) < 4.78 is 5.13. The first-order chi connectivity index (χ1) is 8.30. The van der Waals surface area contributed by atoms with Crippen molar-refractivity contribution in [2.75, 3.05) is 27.2 Å². The molecule has 0 aliphatic rings. The van der Waals surface area contributed by atoms with Crippen molar-refractivity contribution >= 4 is 0 Å². The lowest BCUT2D eigenvalue weighted by Gasteiger charge is -2.15. The van der Waals surface area contributed by atoms with Gasteiger partial charge in [0.1, 0.15) is 5.75 Å². The third kappa shape index (κ3) is 5.20. The molecule has 0 radical (unpaired) electrons. The molecule has 1 rings (SSSR count). The van der Waals surface area contributed by atoms with Crippen molar-refractivity contribution in [3.8, 4) is 5.75 Å². The summed E-state index contributed by atoms with van der Waals surface area (Å²) >= 11 is 0. The lowest BCUT2D eigenvalue weighted by atomic mass is 10.1. The topological polar surface area (TPSA) is 33.3 Å². The third-order valence-electron chi connectivity index (χ3n) is 2.99. The number of methoxy groups -OCH3 is 1. The maximum Gasteiger partial charge on any atom is 0.118 e. The number of ether oxygens (including phenoxy) is 1. The van der Waals surface area contributed by atoms with Crippen LogP contribution in [-0.4, -0.2) is 27.2 Å². The van der Waals surface area contributed by atoms with E-state index in [9.17, 15) is 0 Å². The van der Waals surface area contributed by atoms with Gasteiger partial charge >= 0.3 is 0 Å². The Labute approximate surface area is 105 Å². The van der Waals surface area contributed by atoms with Crippen LogP contribution in [0.1, 0.15) is 18.9 Å². The van der Waals surface area contributed by atoms with Gasteiger partial charge in [-0.3, -0.25) is 0 Å². The molecular formula is C14H24N2O. The fraction of sp³-hybridized carbons (Fsp3) is 0.571. The predicted octanol–water partition coefficient (Wildman–Crippen LogP) is 2.03. The standard InChI is InChI=1S/C14H24N2O/c1-4-12(9-15-2)10-16-11-13-5-7-14(17-3)8-6-13/h5-8,12,15-16H,4,9-11H2,1-3H3. The fourth-order valence-corrected chi connectivity index (χ4v) is 1.81. The third-order valence-corrected chi connectivity index (χ3v) is 2.99. The van der Waals surface area contributed by atoms with Gasteiger partial charge in [0.05, 0.1) is 7.11 Å². The molecule has 1 atom stereocenters. The minimum absolute atomic E-state index is 0.707. The number of hydrogen-bond donors (Lipinski definition) is 2. The van der Waals surface area contributed by atoms with Gasteiger partial charge in [0.2, 0.25) is 0 Å². The molecule has 0 aliphatic heterocycles. The molecule has 3 nitrogen and oxygen atoms in total. The van der Waals surface area contributed by atoms with E-state index in [0.717, 1.165) is 25.4 Å². The Kier molecular flexibility index (Phi) is 6.67. The molecule has 3 heteroatoms. The fourth-order valence-electron chi connectivity index (χ4n) is 1.81. The van der Waals surface area contributed by atoms with E-state index >= 15 is 0 Å². The Bertz CT molecular complexity index is 298. The monoisotopic (exact) mass is 236 g/mol. The van der Waals surface area contributed by atoms with E-state index in [2.05, 4.69) is 29.7 Å². The Morgan fingerprint density at radius 1 is 1.18 bits per heavy atom. The van der Waals surface area contributed by atoms with Crippen LogP contribution in [-0.2, 0) is 6.54 Å². The van der Waals surface area contributed by atoms with Crippen molar-refractivity contribution in [1.29, 1.82) is 0 Å². The second kappa shape index (κ2) is 8.09. The molecule has 0 amide bonds. The molecule has 0 spiro atoms. The average Bonchev–Trinajstić information content (AvgIpc) is 2.38. The largest absolute Gasteiger partial charge is 0.497 e. The van der Waals surface area contributed by atoms with Crippen LogP contribution in [0.2, 0.25) is 0 Å². The zero-order chi connectivity index (χ0) is 12.5. The highest BCUT2D eigenvalue weighted by Gasteiger charge is 2.03. The molecule has 0 aromatic heterocycles. The van der Waals surface area contributed by atoms with Gasteiger partial charge in [-0.05, 0) is 43.8 Å². The summed E-state index contributed by atoms with van der Waals surface area (Å²) in [6, 6.07) is 8.21. The van der Waals surface area contributed by atoms with Crippen molar-refractivity contribution in [2.24, 2.45) is 5.92 Å². The van der Waals surface area contributed by atoms with Gasteiger partial charge in [0.15, 0.2) is 0 Å². The van der Waals surface area contributed by atoms with Gasteiger partial charge in [-0.1, -0.05) is 25.5 Å². The summed E-state index contributed by atoms with van der Waals surface area (Å²) in [6.07, 6.45) is 1.20. The molecule has 0 saturated heterocycles. The van der Waals surface area contributed by atoms with E-state index in [4.69, 9.17) is 4.74 Å². The maximum atomic E-state index is 5.13. The maximum absolute atomic E-state index is 5.13. The summed E-state index contributed by atoms with van der Waals surface area (Å²) in [5, 5.41) is 6.72. The number of rotatable bonds is 8. The van der Waals surface area contributed by atoms with Crippen LogP contribution in [0, 0.1) is 5.92 Å². The molecule has 2 N–H and O–H groups in total. The smallest absolute Gasteiger partial charge is 0.118 e. The molecule has 1 aromatic rings. The summed E-state index contributed by atoms with van der Waals surface area (Å²) in [7, 11) is 3.70. The zero-order valence-corrected chi connectivity index (χ0v) is 11.1. The first-order valence-corrected chi connectivity index (χ1v) is 6.28. The van der Waals surface area contributed by atoms with Gasteiger partial charge in [-0.25, -0.2) is 0 Å². The number of hydrogen-bond acceptors (Lipinski definition) is 3. The molecule has 17 heavy (non-hydrogen) atoms. The first-order valence-electron chi connectivity index (χ1n) is 6.28. The highest BCUT2D eigenvalue weighted by Crippen LogP contribution is 2.11. The summed E-state index contributed by atoms with van der Waals surface area (Å²) in [5.74, 6) is 1.62. The lowest BCUT2D eigenvalue weighted by Crippen LogP contribution is -2.29. The second-order valence-electron chi connectivity index (χ2n) is 4.31. The Morgan fingerprint density at radius 2 is 1.88 bits per heavy atom. The molecule has 0 saturated carbocycles. The van der Waals surface area contributed by atoms with Crippen LogP contribution in [0.25, 0.3) is 0 Å². The second-order valence-corrected chi connectivity index (χ2v) is 4.31. The van der Waals surface area contributed by atoms with E-state index in [1.807, 2.05) is 19.2 Å². The highest BCUT2D eigenvalue weighted by molar-refractivity contribution is 5.26. The summed E-state index contributed by atoms with van der Waals surface area (Å²) in [6.45, 7) is 5.29. The van der Waals surface area contributed by atoms with Crippen LogP contribution < -0.4 is 15.4 Å². The molecule has 0 heterocycles. The molecule has 1 unspecified atom stereocenters. The van der Waals surface area contributed by atoms with Crippen molar-refractivity contribution in [2.45, 2.75) is 19.9 Å². The number of nitrogens with one attached hydrogen (secondary N) is 2. The highest BCUT2D eigenvalue weighted by atomic mass is 16.5. The Morgan fingerprint density at radius 3 is 2.41 bits per heavy atom. The van der Waals surface area contributed by atoms with Gasteiger partial charge < -0.3 is 15.4 Å². The van der Waals surface area contributed by atoms with Crippen molar-refractivity contribution in [3.63, 3.8) is 0 Å². The van der Waals surface area contributed by atoms with Gasteiger partial charge in [-0.2, -0.15) is 0 Å². The van der Waals surface area contributed by atoms with Gasteiger partial charge in [0, 0.05) is 6.54 Å². The van der Waals surface area contributed by atoms with Crippen LogP contribution in [0.4, 0.5) is 0 Å². The van der Waals surface area contributed by atoms with Crippen LogP contribution in [0.5, 0.6) is 5.75 Å². The molecule has 0 aliphatic carbocycles. The zero-order valence-electron chi connectivity index (χ0n) is 11.1. The van der Waals surface area contributed by atoms with Crippen LogP contribution in [0.15, 0.2) is 24.3 Å². The quantitative estimate of drug-likeness (QED) is 0.724. The van der Waals surface area contributed by atoms with Gasteiger partial charge in [0.25, 0.3) is 0 Å². The lowest BCUT2D eigenvalue weighted by molar-refractivity contribution is 0.414. The minimum Gasteiger partial charge on any atom is -0.497 e. The SMILES string of the molecule is CCC(CNC)CNCc1ccc(OC)cc1. The van der Waals surface area contributed by atoms with Gasteiger partial charge in [-0.15, -0.1) is 0 Å². The van der Waals surface area contributed by atoms with Crippen molar-refractivity contribution in [1.82, 2.24) is 10.6 Å². The predicted molar refractivity (Wildman–Crippen MR) is 72.4 cm³/mol. The normalized spacial score (nSPS) is 12.4. The summed E-state index contributed by atoms with van der Waals surface area (Å²) in [5.41, 5.74) is 1.30. The van der Waals surface area contributed by atoms with Crippen LogP contribution >= 0.6 is 0 Å². The molecular weight excluding hydrogens is 212 g/mol. The number of benzene rings is 1. The minimum atomic E-state index is 0.707. The summed E-state index contributed by atoms with van der Waals surface area (Å²) in [4.78, 5) is 0. The molecule has 0 bridgehead atoms. The molecule has 96 valence electrons. The van der Waals surface area contributed by atoms with E-state index in [-0.39, 0.29) is 0 Å². The first kappa shape index (κ1) is 14.0. The van der Waals surface area contributed by atoms with E-state index in [1.54, 1.807) is 7.11 Å². The molecule has 0 fully saturated rings. The van der Waals surface area contributed by atoms with Crippen molar-refractivity contribution < 1.29 is 4.74 Å². The molecule has 1 aromatic carbocycles.